The van der Waals surface area contributed by atoms with Gasteiger partial charge in [-0.05, 0) is 29.9 Å². The molecular weight excluding hydrogens is 400 g/mol. The molecule has 6 nitrogen and oxygen atoms in total. The molecule has 1 saturated carbocycles. The first-order chi connectivity index (χ1) is 14.5. The Morgan fingerprint density at radius 1 is 1.17 bits per heavy atom. The lowest BCUT2D eigenvalue weighted by atomic mass is 9.82. The summed E-state index contributed by atoms with van der Waals surface area (Å²) in [7, 11) is 3.50. The van der Waals surface area contributed by atoms with Crippen molar-refractivity contribution in [2.45, 2.75) is 44.6 Å². The number of likely N-dealkylation sites (N-methyl/N-ethyl adjacent to an activating group) is 1. The van der Waals surface area contributed by atoms with Crippen molar-refractivity contribution in [1.29, 1.82) is 0 Å². The fourth-order valence-electron chi connectivity index (χ4n) is 4.40. The van der Waals surface area contributed by atoms with Crippen molar-refractivity contribution in [1.82, 2.24) is 9.47 Å². The van der Waals surface area contributed by atoms with Crippen molar-refractivity contribution in [2.24, 2.45) is 0 Å². The summed E-state index contributed by atoms with van der Waals surface area (Å²) in [6.07, 6.45) is 4.50. The Labute approximate surface area is 179 Å². The largest absolute Gasteiger partial charge is 0.512 e. The van der Waals surface area contributed by atoms with Crippen LogP contribution in [0.5, 0.6) is 5.06 Å². The molecule has 3 aromatic rings. The van der Waals surface area contributed by atoms with E-state index in [0.29, 0.717) is 11.0 Å². The van der Waals surface area contributed by atoms with Crippen LogP contribution in [0.1, 0.15) is 43.6 Å². The van der Waals surface area contributed by atoms with Crippen LogP contribution < -0.4 is 4.74 Å². The van der Waals surface area contributed by atoms with Crippen LogP contribution in [0, 0.1) is 0 Å². The van der Waals surface area contributed by atoms with Crippen LogP contribution in [0.3, 0.4) is 0 Å². The zero-order valence-electron chi connectivity index (χ0n) is 17.3. The maximum Gasteiger partial charge on any atom is 0.512 e. The third-order valence-electron chi connectivity index (χ3n) is 5.79. The summed E-state index contributed by atoms with van der Waals surface area (Å²) in [5.41, 5.74) is 3.37. The van der Waals surface area contributed by atoms with Gasteiger partial charge in [-0.25, -0.2) is 4.79 Å². The van der Waals surface area contributed by atoms with Gasteiger partial charge < -0.3 is 19.3 Å². The van der Waals surface area contributed by atoms with E-state index in [-0.39, 0.29) is 12.5 Å². The number of carbonyl (C=O) groups is 2. The number of benzene rings is 1. The Kier molecular flexibility index (Phi) is 5.81. The Balaban J connectivity index is 1.96. The topological polar surface area (TPSA) is 71.8 Å². The highest BCUT2D eigenvalue weighted by molar-refractivity contribution is 7.20. The molecule has 0 saturated heterocycles. The van der Waals surface area contributed by atoms with Crippen LogP contribution in [-0.2, 0) is 11.3 Å². The minimum Gasteiger partial charge on any atom is -0.449 e. The van der Waals surface area contributed by atoms with Crippen LogP contribution in [0.25, 0.3) is 21.5 Å². The Morgan fingerprint density at radius 3 is 2.50 bits per heavy atom. The first kappa shape index (κ1) is 20.5. The van der Waals surface area contributed by atoms with Crippen LogP contribution in [-0.4, -0.2) is 40.7 Å². The highest BCUT2D eigenvalue weighted by Crippen LogP contribution is 2.47. The molecule has 7 heteroatoms. The molecule has 4 rings (SSSR count). The lowest BCUT2D eigenvalue weighted by Crippen LogP contribution is -2.26. The third kappa shape index (κ3) is 3.94. The molecule has 158 valence electrons. The standard InChI is InChI=1S/C23H26N2O4S/c1-24(2)18(26)14-25-21(16-11-7-4-8-12-16)20(15-9-5-3-6-10-15)17-13-19(29-23(27)28)30-22(17)25/h4,7-8,11-13,15H,3,5-6,9-10,14H2,1-2H3,(H,27,28). The second-order valence-corrected chi connectivity index (χ2v) is 8.98. The molecule has 0 aliphatic heterocycles. The predicted molar refractivity (Wildman–Crippen MR) is 118 cm³/mol. The van der Waals surface area contributed by atoms with E-state index in [9.17, 15) is 9.59 Å². The monoisotopic (exact) mass is 426 g/mol. The quantitative estimate of drug-likeness (QED) is 0.542. The maximum absolute atomic E-state index is 12.7. The average molecular weight is 427 g/mol. The van der Waals surface area contributed by atoms with Crippen LogP contribution in [0.2, 0.25) is 0 Å². The highest BCUT2D eigenvalue weighted by Gasteiger charge is 2.29. The minimum absolute atomic E-state index is 0.00613. The molecular formula is C23H26N2O4S. The molecule has 30 heavy (non-hydrogen) atoms. The van der Waals surface area contributed by atoms with E-state index in [1.807, 2.05) is 24.3 Å². The zero-order chi connectivity index (χ0) is 21.3. The first-order valence-electron chi connectivity index (χ1n) is 10.3. The zero-order valence-corrected chi connectivity index (χ0v) is 18.1. The summed E-state index contributed by atoms with van der Waals surface area (Å²) >= 11 is 1.29. The lowest BCUT2D eigenvalue weighted by Gasteiger charge is -2.24. The SMILES string of the molecule is CN(C)C(=O)Cn1c(-c2ccccc2)c(C2CCCCC2)c2cc(OC(=O)O)sc21. The molecule has 0 radical (unpaired) electrons. The molecule has 1 aliphatic carbocycles. The number of rotatable bonds is 5. The van der Waals surface area contributed by atoms with E-state index < -0.39 is 6.16 Å². The fraction of sp³-hybridized carbons (Fsp3) is 0.391. The summed E-state index contributed by atoms with van der Waals surface area (Å²) in [6.45, 7) is 0.202. The van der Waals surface area contributed by atoms with Gasteiger partial charge in [0.05, 0.1) is 5.69 Å². The Hall–Kier alpha value is -2.80. The molecule has 0 unspecified atom stereocenters. The molecule has 1 aliphatic rings. The second-order valence-electron chi connectivity index (χ2n) is 7.99. The van der Waals surface area contributed by atoms with Crippen molar-refractivity contribution in [2.75, 3.05) is 14.1 Å². The van der Waals surface area contributed by atoms with E-state index in [1.54, 1.807) is 19.0 Å². The summed E-state index contributed by atoms with van der Waals surface area (Å²) in [4.78, 5) is 26.3. The van der Waals surface area contributed by atoms with Gasteiger partial charge in [0.1, 0.15) is 11.4 Å². The second kappa shape index (κ2) is 8.52. The van der Waals surface area contributed by atoms with Gasteiger partial charge in [0, 0.05) is 25.5 Å². The lowest BCUT2D eigenvalue weighted by molar-refractivity contribution is -0.129. The van der Waals surface area contributed by atoms with Crippen LogP contribution >= 0.6 is 11.3 Å². The number of hydrogen-bond acceptors (Lipinski definition) is 4. The molecule has 0 bridgehead atoms. The summed E-state index contributed by atoms with van der Waals surface area (Å²) in [5.74, 6) is 0.382. The molecule has 1 fully saturated rings. The number of hydrogen-bond donors (Lipinski definition) is 1. The van der Waals surface area contributed by atoms with Gasteiger partial charge in [-0.2, -0.15) is 0 Å². The maximum atomic E-state index is 12.7. The van der Waals surface area contributed by atoms with Gasteiger partial charge in [-0.3, -0.25) is 4.79 Å². The van der Waals surface area contributed by atoms with Gasteiger partial charge >= 0.3 is 6.16 Å². The third-order valence-corrected chi connectivity index (χ3v) is 6.83. The first-order valence-corrected chi connectivity index (χ1v) is 11.1. The van der Waals surface area contributed by atoms with E-state index in [2.05, 4.69) is 16.7 Å². The number of amides is 1. The van der Waals surface area contributed by atoms with E-state index in [1.165, 1.54) is 36.2 Å². The van der Waals surface area contributed by atoms with E-state index in [4.69, 9.17) is 9.84 Å². The number of aromatic nitrogens is 1. The van der Waals surface area contributed by atoms with Crippen molar-refractivity contribution in [3.8, 4) is 16.3 Å². The average Bonchev–Trinajstić information content (AvgIpc) is 3.25. The van der Waals surface area contributed by atoms with Gasteiger partial charge in [-0.15, -0.1) is 0 Å². The molecule has 0 spiro atoms. The fourth-order valence-corrected chi connectivity index (χ4v) is 5.43. The normalized spacial score (nSPS) is 14.7. The molecule has 1 amide bonds. The molecule has 2 heterocycles. The summed E-state index contributed by atoms with van der Waals surface area (Å²) < 4.78 is 7.03. The van der Waals surface area contributed by atoms with Gasteiger partial charge in [0.2, 0.25) is 5.91 Å². The molecule has 0 atom stereocenters. The van der Waals surface area contributed by atoms with Gasteiger partial charge in [0.25, 0.3) is 0 Å². The summed E-state index contributed by atoms with van der Waals surface area (Å²) in [6, 6.07) is 12.0. The number of carbonyl (C=O) groups excluding carboxylic acids is 1. The highest BCUT2D eigenvalue weighted by atomic mass is 32.1. The Bertz CT molecular complexity index is 1060. The van der Waals surface area contributed by atoms with Crippen LogP contribution in [0.15, 0.2) is 36.4 Å². The van der Waals surface area contributed by atoms with Crippen molar-refractivity contribution in [3.05, 3.63) is 42.0 Å². The Morgan fingerprint density at radius 2 is 1.87 bits per heavy atom. The molecule has 2 aromatic heterocycles. The number of fused-ring (bicyclic) bond motifs is 1. The molecule has 1 N–H and O–H groups in total. The van der Waals surface area contributed by atoms with Gasteiger partial charge in [0.15, 0.2) is 5.06 Å². The van der Waals surface area contributed by atoms with Crippen molar-refractivity contribution >= 4 is 33.6 Å². The summed E-state index contributed by atoms with van der Waals surface area (Å²) in [5, 5.41) is 10.4. The van der Waals surface area contributed by atoms with Crippen molar-refractivity contribution < 1.29 is 19.4 Å². The number of thiophene rings is 1. The van der Waals surface area contributed by atoms with E-state index >= 15 is 0 Å². The van der Waals surface area contributed by atoms with E-state index in [0.717, 1.165) is 34.3 Å². The van der Waals surface area contributed by atoms with Crippen molar-refractivity contribution in [3.63, 3.8) is 0 Å². The van der Waals surface area contributed by atoms with Crippen LogP contribution in [0.4, 0.5) is 4.79 Å². The predicted octanol–water partition coefficient (Wildman–Crippen LogP) is 5.56. The number of nitrogens with zero attached hydrogens (tertiary/aromatic N) is 2. The molecule has 1 aromatic carbocycles. The number of ether oxygens (including phenoxy) is 1. The van der Waals surface area contributed by atoms with Gasteiger partial charge in [-0.1, -0.05) is 60.9 Å². The number of carboxylic acid groups (broad SMARTS) is 1. The minimum atomic E-state index is -1.32. The smallest absolute Gasteiger partial charge is 0.449 e.